The molecule has 1 aromatic heterocycles. The van der Waals surface area contributed by atoms with Gasteiger partial charge >= 0.3 is 0 Å². The lowest BCUT2D eigenvalue weighted by Gasteiger charge is -2.26. The van der Waals surface area contributed by atoms with Crippen molar-refractivity contribution in [1.82, 2.24) is 15.3 Å². The Morgan fingerprint density at radius 1 is 1.23 bits per heavy atom. The van der Waals surface area contributed by atoms with E-state index in [-0.39, 0.29) is 18.1 Å². The lowest BCUT2D eigenvalue weighted by Crippen LogP contribution is -2.37. The van der Waals surface area contributed by atoms with E-state index in [1.54, 1.807) is 0 Å². The number of rotatable bonds is 4. The van der Waals surface area contributed by atoms with Crippen molar-refractivity contribution in [3.05, 3.63) is 36.2 Å². The number of hydrogen-bond acceptors (Lipinski definition) is 4. The molecule has 1 aliphatic rings. The highest BCUT2D eigenvalue weighted by atomic mass is 16.3. The first-order valence-electron chi connectivity index (χ1n) is 7.92. The number of para-hydroxylation sites is 2. The van der Waals surface area contributed by atoms with Crippen molar-refractivity contribution in [1.29, 1.82) is 0 Å². The molecule has 2 N–H and O–H groups in total. The molecule has 1 unspecified atom stereocenters. The topological polar surface area (TPSA) is 75.1 Å². The molecular weight excluding hydrogens is 278 g/mol. The predicted molar refractivity (Wildman–Crippen MR) is 84.5 cm³/mol. The summed E-state index contributed by atoms with van der Waals surface area (Å²) in [5, 5.41) is 13.0. The average Bonchev–Trinajstić information content (AvgIpc) is 2.59. The molecule has 1 saturated carbocycles. The van der Waals surface area contributed by atoms with Crippen LogP contribution >= 0.6 is 0 Å². The number of hydrogen-bond donors (Lipinski definition) is 2. The lowest BCUT2D eigenvalue weighted by molar-refractivity contribution is 0.0736. The highest BCUT2D eigenvalue weighted by Gasteiger charge is 2.22. The first-order chi connectivity index (χ1) is 10.7. The van der Waals surface area contributed by atoms with Gasteiger partial charge in [0.2, 0.25) is 0 Å². The Balaban J connectivity index is 1.60. The van der Waals surface area contributed by atoms with E-state index < -0.39 is 6.10 Å². The van der Waals surface area contributed by atoms with Crippen LogP contribution in [0, 0.1) is 5.92 Å². The maximum absolute atomic E-state index is 12.2. The second-order valence-corrected chi connectivity index (χ2v) is 5.92. The summed E-state index contributed by atoms with van der Waals surface area (Å²) in [4.78, 5) is 20.7. The summed E-state index contributed by atoms with van der Waals surface area (Å²) in [5.74, 6) is 0.0184. The van der Waals surface area contributed by atoms with Gasteiger partial charge in [0.1, 0.15) is 5.69 Å². The standard InChI is InChI=1S/C17H21N3O2/c21-16(12-6-2-1-3-7-12)11-19-17(22)15-10-18-13-8-4-5-9-14(13)20-15/h4-5,8-10,12,16,21H,1-3,6-7,11H2,(H,19,22). The number of nitrogens with zero attached hydrogens (tertiary/aromatic N) is 2. The predicted octanol–water partition coefficient (Wildman–Crippen LogP) is 2.30. The molecule has 0 aliphatic heterocycles. The average molecular weight is 299 g/mol. The van der Waals surface area contributed by atoms with E-state index in [4.69, 9.17) is 0 Å². The Morgan fingerprint density at radius 2 is 1.95 bits per heavy atom. The van der Waals surface area contributed by atoms with Gasteiger partial charge in [-0.1, -0.05) is 31.4 Å². The largest absolute Gasteiger partial charge is 0.391 e. The van der Waals surface area contributed by atoms with Gasteiger partial charge in [-0.2, -0.15) is 0 Å². The number of aromatic nitrogens is 2. The molecule has 1 heterocycles. The molecule has 1 aromatic carbocycles. The molecule has 1 fully saturated rings. The summed E-state index contributed by atoms with van der Waals surface area (Å²) in [5.41, 5.74) is 1.75. The fourth-order valence-corrected chi connectivity index (χ4v) is 3.04. The highest BCUT2D eigenvalue weighted by molar-refractivity contribution is 5.93. The van der Waals surface area contributed by atoms with Crippen molar-refractivity contribution >= 4 is 16.9 Å². The molecule has 116 valence electrons. The summed E-state index contributed by atoms with van der Waals surface area (Å²) < 4.78 is 0. The van der Waals surface area contributed by atoms with Crippen LogP contribution in [0.2, 0.25) is 0 Å². The van der Waals surface area contributed by atoms with Crippen LogP contribution in [0.15, 0.2) is 30.5 Å². The van der Waals surface area contributed by atoms with Gasteiger partial charge in [-0.3, -0.25) is 9.78 Å². The fourth-order valence-electron chi connectivity index (χ4n) is 3.04. The zero-order valence-electron chi connectivity index (χ0n) is 12.5. The van der Waals surface area contributed by atoms with Gasteiger partial charge < -0.3 is 10.4 Å². The number of carbonyl (C=O) groups excluding carboxylic acids is 1. The molecule has 0 radical (unpaired) electrons. The Kier molecular flexibility index (Phi) is 4.63. The number of carbonyl (C=O) groups is 1. The number of fused-ring (bicyclic) bond motifs is 1. The van der Waals surface area contributed by atoms with Crippen LogP contribution in [0.5, 0.6) is 0 Å². The number of aliphatic hydroxyl groups excluding tert-OH is 1. The molecule has 1 amide bonds. The van der Waals surface area contributed by atoms with E-state index in [1.165, 1.54) is 25.5 Å². The van der Waals surface area contributed by atoms with Gasteiger partial charge in [-0.25, -0.2) is 4.98 Å². The van der Waals surface area contributed by atoms with Crippen LogP contribution in [0.4, 0.5) is 0 Å². The molecule has 0 spiro atoms. The van der Waals surface area contributed by atoms with Gasteiger partial charge in [-0.05, 0) is 30.9 Å². The molecule has 5 heteroatoms. The lowest BCUT2D eigenvalue weighted by atomic mass is 9.85. The molecular formula is C17H21N3O2. The van der Waals surface area contributed by atoms with Crippen LogP contribution in [0.1, 0.15) is 42.6 Å². The summed E-state index contributed by atoms with van der Waals surface area (Å²) in [6.45, 7) is 0.276. The summed E-state index contributed by atoms with van der Waals surface area (Å²) in [7, 11) is 0. The maximum atomic E-state index is 12.2. The number of benzene rings is 1. The third-order valence-electron chi connectivity index (χ3n) is 4.35. The van der Waals surface area contributed by atoms with Crippen LogP contribution in [0.25, 0.3) is 11.0 Å². The smallest absolute Gasteiger partial charge is 0.271 e. The molecule has 1 aliphatic carbocycles. The van der Waals surface area contributed by atoms with Crippen LogP contribution < -0.4 is 5.32 Å². The van der Waals surface area contributed by atoms with Gasteiger partial charge in [0.15, 0.2) is 0 Å². The zero-order valence-corrected chi connectivity index (χ0v) is 12.5. The minimum atomic E-state index is -0.474. The number of amides is 1. The molecule has 22 heavy (non-hydrogen) atoms. The van der Waals surface area contributed by atoms with Crippen molar-refractivity contribution in [3.8, 4) is 0 Å². The van der Waals surface area contributed by atoms with Gasteiger partial charge in [-0.15, -0.1) is 0 Å². The van der Waals surface area contributed by atoms with Gasteiger partial charge in [0.25, 0.3) is 5.91 Å². The Labute approximate surface area is 129 Å². The van der Waals surface area contributed by atoms with E-state index in [0.717, 1.165) is 18.4 Å². The normalized spacial score (nSPS) is 17.3. The molecule has 1 atom stereocenters. The van der Waals surface area contributed by atoms with Crippen molar-refractivity contribution in [2.45, 2.75) is 38.2 Å². The molecule has 0 saturated heterocycles. The molecule has 2 aromatic rings. The van der Waals surface area contributed by atoms with E-state index in [0.29, 0.717) is 11.4 Å². The van der Waals surface area contributed by atoms with Crippen molar-refractivity contribution in [2.24, 2.45) is 5.92 Å². The minimum absolute atomic E-state index is 0.276. The second kappa shape index (κ2) is 6.83. The number of nitrogens with one attached hydrogen (secondary N) is 1. The second-order valence-electron chi connectivity index (χ2n) is 5.92. The number of aliphatic hydroxyl groups is 1. The van der Waals surface area contributed by atoms with Crippen LogP contribution in [-0.2, 0) is 0 Å². The third kappa shape index (κ3) is 3.42. The van der Waals surface area contributed by atoms with Crippen molar-refractivity contribution < 1.29 is 9.90 Å². The summed E-state index contributed by atoms with van der Waals surface area (Å²) in [6, 6.07) is 7.44. The summed E-state index contributed by atoms with van der Waals surface area (Å²) >= 11 is 0. The van der Waals surface area contributed by atoms with Crippen LogP contribution in [-0.4, -0.2) is 33.6 Å². The molecule has 0 bridgehead atoms. The van der Waals surface area contributed by atoms with Crippen molar-refractivity contribution in [3.63, 3.8) is 0 Å². The van der Waals surface area contributed by atoms with E-state index in [9.17, 15) is 9.90 Å². The quantitative estimate of drug-likeness (QED) is 0.908. The van der Waals surface area contributed by atoms with Gasteiger partial charge in [0, 0.05) is 6.54 Å². The van der Waals surface area contributed by atoms with Crippen LogP contribution in [0.3, 0.4) is 0 Å². The SMILES string of the molecule is O=C(NCC(O)C1CCCCC1)c1cnc2ccccc2n1. The monoisotopic (exact) mass is 299 g/mol. The maximum Gasteiger partial charge on any atom is 0.271 e. The third-order valence-corrected chi connectivity index (χ3v) is 4.35. The zero-order chi connectivity index (χ0) is 15.4. The van der Waals surface area contributed by atoms with E-state index in [1.807, 2.05) is 24.3 Å². The summed E-state index contributed by atoms with van der Waals surface area (Å²) in [6.07, 6.45) is 6.70. The Hall–Kier alpha value is -2.01. The molecule has 3 rings (SSSR count). The van der Waals surface area contributed by atoms with E-state index >= 15 is 0 Å². The van der Waals surface area contributed by atoms with E-state index in [2.05, 4.69) is 15.3 Å². The first kappa shape index (κ1) is 14.9. The Bertz CT molecular complexity index is 653. The minimum Gasteiger partial charge on any atom is -0.391 e. The van der Waals surface area contributed by atoms with Crippen molar-refractivity contribution in [2.75, 3.05) is 6.54 Å². The van der Waals surface area contributed by atoms with Gasteiger partial charge in [0.05, 0.1) is 23.3 Å². The molecule has 5 nitrogen and oxygen atoms in total. The Morgan fingerprint density at radius 3 is 2.73 bits per heavy atom. The highest BCUT2D eigenvalue weighted by Crippen LogP contribution is 2.26. The first-order valence-corrected chi connectivity index (χ1v) is 7.92. The fraction of sp³-hybridized carbons (Fsp3) is 0.471.